The molecule has 0 aliphatic heterocycles. The van der Waals surface area contributed by atoms with Crippen LogP contribution in [0.3, 0.4) is 0 Å². The van der Waals surface area contributed by atoms with Crippen molar-refractivity contribution >= 4 is 0 Å². The molecule has 1 aliphatic carbocycles. The predicted molar refractivity (Wildman–Crippen MR) is 86.5 cm³/mol. The van der Waals surface area contributed by atoms with Gasteiger partial charge in [0.15, 0.2) is 0 Å². The summed E-state index contributed by atoms with van der Waals surface area (Å²) in [5.41, 5.74) is 4.17. The molecule has 0 radical (unpaired) electrons. The van der Waals surface area contributed by atoms with E-state index >= 15 is 0 Å². The second-order valence-electron chi connectivity index (χ2n) is 6.34. The van der Waals surface area contributed by atoms with E-state index in [1.54, 1.807) is 0 Å². The molecule has 112 valence electrons. The molecule has 21 heavy (non-hydrogen) atoms. The van der Waals surface area contributed by atoms with Gasteiger partial charge in [0.1, 0.15) is 5.76 Å². The Morgan fingerprint density at radius 3 is 3.10 bits per heavy atom. The molecule has 2 aromatic rings. The number of nitrogens with one attached hydrogen (secondary N) is 1. The Balaban J connectivity index is 1.54. The lowest BCUT2D eigenvalue weighted by Gasteiger charge is -2.26. The van der Waals surface area contributed by atoms with E-state index in [4.69, 9.17) is 4.42 Å². The highest BCUT2D eigenvalue weighted by Crippen LogP contribution is 2.30. The molecule has 0 amide bonds. The average Bonchev–Trinajstić information content (AvgIpc) is 2.95. The average molecular weight is 283 g/mol. The largest absolute Gasteiger partial charge is 0.469 e. The van der Waals surface area contributed by atoms with Crippen molar-refractivity contribution in [2.24, 2.45) is 0 Å². The lowest BCUT2D eigenvalue weighted by molar-refractivity contribution is 0.373. The highest BCUT2D eigenvalue weighted by atomic mass is 16.3. The minimum Gasteiger partial charge on any atom is -0.469 e. The van der Waals surface area contributed by atoms with E-state index in [2.05, 4.69) is 49.5 Å². The van der Waals surface area contributed by atoms with Crippen LogP contribution >= 0.6 is 0 Å². The summed E-state index contributed by atoms with van der Waals surface area (Å²) in [5, 5.41) is 3.79. The Morgan fingerprint density at radius 2 is 2.24 bits per heavy atom. The molecule has 2 nitrogen and oxygen atoms in total. The molecule has 1 heterocycles. The van der Waals surface area contributed by atoms with Gasteiger partial charge in [-0.1, -0.05) is 29.8 Å². The zero-order chi connectivity index (χ0) is 14.7. The number of rotatable bonds is 5. The van der Waals surface area contributed by atoms with E-state index in [9.17, 15) is 0 Å². The molecule has 2 heteroatoms. The van der Waals surface area contributed by atoms with Crippen LogP contribution in [0.15, 0.2) is 41.0 Å². The maximum Gasteiger partial charge on any atom is 0.108 e. The normalized spacial score (nSPS) is 19.2. The molecule has 1 aromatic carbocycles. The van der Waals surface area contributed by atoms with Crippen molar-refractivity contribution in [3.8, 4) is 0 Å². The fourth-order valence-electron chi connectivity index (χ4n) is 3.34. The Kier molecular flexibility index (Phi) is 4.45. The van der Waals surface area contributed by atoms with Gasteiger partial charge in [0.2, 0.25) is 0 Å². The molecule has 1 aromatic heterocycles. The van der Waals surface area contributed by atoms with Crippen LogP contribution in [0, 0.1) is 6.92 Å². The first kappa shape index (κ1) is 14.4. The molecular formula is C19H25NO. The Bertz CT molecular complexity index is 587. The van der Waals surface area contributed by atoms with E-state index in [1.165, 1.54) is 41.7 Å². The summed E-state index contributed by atoms with van der Waals surface area (Å²) in [6, 6.07) is 12.0. The summed E-state index contributed by atoms with van der Waals surface area (Å²) in [7, 11) is 0. The molecule has 0 saturated heterocycles. The number of aryl methyl sites for hydroxylation is 3. The number of fused-ring (bicyclic) bond motifs is 1. The predicted octanol–water partition coefficient (Wildman–Crippen LogP) is 4.58. The molecule has 0 spiro atoms. The highest BCUT2D eigenvalue weighted by molar-refractivity contribution is 5.24. The lowest BCUT2D eigenvalue weighted by Crippen LogP contribution is -2.32. The third kappa shape index (κ3) is 3.56. The summed E-state index contributed by atoms with van der Waals surface area (Å²) < 4.78 is 5.57. The van der Waals surface area contributed by atoms with Gasteiger partial charge in [-0.2, -0.15) is 0 Å². The summed E-state index contributed by atoms with van der Waals surface area (Å²) in [6.07, 6.45) is 7.69. The van der Waals surface area contributed by atoms with Gasteiger partial charge in [-0.05, 0) is 51.2 Å². The van der Waals surface area contributed by atoms with E-state index in [0.717, 1.165) is 12.8 Å². The van der Waals surface area contributed by atoms with Crippen LogP contribution < -0.4 is 5.32 Å². The van der Waals surface area contributed by atoms with Crippen LogP contribution in [-0.2, 0) is 12.8 Å². The molecule has 3 rings (SSSR count). The molecular weight excluding hydrogens is 258 g/mol. The van der Waals surface area contributed by atoms with Crippen molar-refractivity contribution in [1.82, 2.24) is 5.32 Å². The quantitative estimate of drug-likeness (QED) is 0.869. The zero-order valence-corrected chi connectivity index (χ0v) is 13.1. The van der Waals surface area contributed by atoms with Gasteiger partial charge >= 0.3 is 0 Å². The van der Waals surface area contributed by atoms with Gasteiger partial charge in [0, 0.05) is 24.1 Å². The summed E-state index contributed by atoms with van der Waals surface area (Å²) in [5.74, 6) is 1.18. The first-order valence-corrected chi connectivity index (χ1v) is 8.10. The maximum absolute atomic E-state index is 5.57. The van der Waals surface area contributed by atoms with Gasteiger partial charge in [0.25, 0.3) is 0 Å². The van der Waals surface area contributed by atoms with Gasteiger partial charge < -0.3 is 9.73 Å². The Morgan fingerprint density at radius 1 is 1.33 bits per heavy atom. The Labute approximate surface area is 127 Å². The molecule has 2 unspecified atom stereocenters. The lowest BCUT2D eigenvalue weighted by atomic mass is 9.92. The van der Waals surface area contributed by atoms with E-state index in [1.807, 2.05) is 6.26 Å². The van der Waals surface area contributed by atoms with Crippen LogP contribution in [0.2, 0.25) is 0 Å². The first-order chi connectivity index (χ1) is 10.2. The minimum absolute atomic E-state index is 0.472. The van der Waals surface area contributed by atoms with Crippen LogP contribution in [0.25, 0.3) is 0 Å². The maximum atomic E-state index is 5.57. The van der Waals surface area contributed by atoms with E-state index in [-0.39, 0.29) is 0 Å². The molecule has 0 saturated carbocycles. The van der Waals surface area contributed by atoms with Crippen molar-refractivity contribution < 1.29 is 4.42 Å². The smallest absolute Gasteiger partial charge is 0.108 e. The number of furan rings is 1. The van der Waals surface area contributed by atoms with Gasteiger partial charge in [-0.25, -0.2) is 0 Å². The van der Waals surface area contributed by atoms with E-state index < -0.39 is 0 Å². The standard InChI is InChI=1S/C19H25NO/c1-14-5-3-6-16(13-14)10-9-15(2)20-18-7-4-8-19-17(18)11-12-21-19/h3,5-6,11-13,15,18,20H,4,7-10H2,1-2H3. The van der Waals surface area contributed by atoms with Gasteiger partial charge in [-0.15, -0.1) is 0 Å². The minimum atomic E-state index is 0.472. The molecule has 2 atom stereocenters. The molecule has 1 aliphatic rings. The number of hydrogen-bond acceptors (Lipinski definition) is 2. The fraction of sp³-hybridized carbons (Fsp3) is 0.474. The zero-order valence-electron chi connectivity index (χ0n) is 13.1. The van der Waals surface area contributed by atoms with Crippen LogP contribution in [0.1, 0.15) is 54.7 Å². The second-order valence-corrected chi connectivity index (χ2v) is 6.34. The number of benzene rings is 1. The van der Waals surface area contributed by atoms with Crippen LogP contribution in [0.4, 0.5) is 0 Å². The van der Waals surface area contributed by atoms with Crippen molar-refractivity contribution in [2.45, 2.75) is 58.0 Å². The molecule has 1 N–H and O–H groups in total. The summed E-state index contributed by atoms with van der Waals surface area (Å²) in [6.45, 7) is 4.46. The Hall–Kier alpha value is -1.54. The summed E-state index contributed by atoms with van der Waals surface area (Å²) >= 11 is 0. The van der Waals surface area contributed by atoms with Crippen LogP contribution in [0.5, 0.6) is 0 Å². The molecule has 0 fully saturated rings. The van der Waals surface area contributed by atoms with Crippen molar-refractivity contribution in [3.05, 3.63) is 59.0 Å². The molecule has 0 bridgehead atoms. The summed E-state index contributed by atoms with van der Waals surface area (Å²) in [4.78, 5) is 0. The van der Waals surface area contributed by atoms with Crippen LogP contribution in [-0.4, -0.2) is 6.04 Å². The highest BCUT2D eigenvalue weighted by Gasteiger charge is 2.23. The van der Waals surface area contributed by atoms with Gasteiger partial charge in [0.05, 0.1) is 6.26 Å². The SMILES string of the molecule is Cc1cccc(CCC(C)NC2CCCc3occc32)c1. The topological polar surface area (TPSA) is 25.2 Å². The fourth-order valence-corrected chi connectivity index (χ4v) is 3.34. The second kappa shape index (κ2) is 6.48. The third-order valence-corrected chi connectivity index (χ3v) is 4.49. The van der Waals surface area contributed by atoms with E-state index in [0.29, 0.717) is 12.1 Å². The number of hydrogen-bond donors (Lipinski definition) is 1. The van der Waals surface area contributed by atoms with Crippen molar-refractivity contribution in [3.63, 3.8) is 0 Å². The monoisotopic (exact) mass is 283 g/mol. The first-order valence-electron chi connectivity index (χ1n) is 8.10. The van der Waals surface area contributed by atoms with Gasteiger partial charge in [-0.3, -0.25) is 0 Å². The van der Waals surface area contributed by atoms with Crippen molar-refractivity contribution in [2.75, 3.05) is 0 Å². The third-order valence-electron chi connectivity index (χ3n) is 4.49. The van der Waals surface area contributed by atoms with Crippen molar-refractivity contribution in [1.29, 1.82) is 0 Å².